The normalized spacial score (nSPS) is 10.5. The van der Waals surface area contributed by atoms with Gasteiger partial charge in [0.05, 0.1) is 16.5 Å². The Morgan fingerprint density at radius 3 is 2.55 bits per heavy atom. The van der Waals surface area contributed by atoms with Gasteiger partial charge in [-0.25, -0.2) is 9.78 Å². The van der Waals surface area contributed by atoms with Gasteiger partial charge in [-0.15, -0.1) is 11.3 Å². The third-order valence-electron chi connectivity index (χ3n) is 2.77. The molecule has 0 amide bonds. The van der Waals surface area contributed by atoms with Crippen molar-refractivity contribution in [1.82, 2.24) is 4.98 Å². The maximum absolute atomic E-state index is 11.3. The number of hydrogen-bond donors (Lipinski definition) is 1. The van der Waals surface area contributed by atoms with Gasteiger partial charge in [0.1, 0.15) is 5.75 Å². The molecule has 0 spiro atoms. The first-order valence-corrected chi connectivity index (χ1v) is 7.43. The molecule has 2 aromatic rings. The van der Waals surface area contributed by atoms with Gasteiger partial charge < -0.3 is 9.84 Å². The quantitative estimate of drug-likeness (QED) is 0.878. The second kappa shape index (κ2) is 6.52. The van der Waals surface area contributed by atoms with Crippen LogP contribution in [0.15, 0.2) is 24.3 Å². The predicted molar refractivity (Wildman–Crippen MR) is 79.7 cm³/mol. The van der Waals surface area contributed by atoms with Crippen molar-refractivity contribution in [3.63, 3.8) is 0 Å². The number of nitrogens with zero attached hydrogens (tertiary/aromatic N) is 1. The molecule has 1 aromatic heterocycles. The van der Waals surface area contributed by atoms with E-state index < -0.39 is 5.97 Å². The van der Waals surface area contributed by atoms with E-state index in [0.29, 0.717) is 11.5 Å². The van der Waals surface area contributed by atoms with Gasteiger partial charge in [-0.2, -0.15) is 0 Å². The highest BCUT2D eigenvalue weighted by Crippen LogP contribution is 2.32. The van der Waals surface area contributed by atoms with Gasteiger partial charge in [-0.3, -0.25) is 0 Å². The first-order valence-electron chi connectivity index (χ1n) is 6.62. The average Bonchev–Trinajstić information content (AvgIpc) is 2.85. The molecular formula is C15H17NO3S. The molecule has 4 nitrogen and oxygen atoms in total. The van der Waals surface area contributed by atoms with Crippen LogP contribution in [0.1, 0.15) is 35.8 Å². The molecule has 0 atom stereocenters. The van der Waals surface area contributed by atoms with Gasteiger partial charge in [-0.05, 0) is 49.6 Å². The van der Waals surface area contributed by atoms with Crippen LogP contribution in [0.3, 0.4) is 0 Å². The van der Waals surface area contributed by atoms with Crippen LogP contribution in [0.4, 0.5) is 0 Å². The third-order valence-corrected chi connectivity index (χ3v) is 3.93. The number of benzene rings is 1. The number of rotatable bonds is 6. The van der Waals surface area contributed by atoms with E-state index in [2.05, 4.69) is 11.9 Å². The lowest BCUT2D eigenvalue weighted by molar-refractivity contribution is 0.0692. The van der Waals surface area contributed by atoms with Crippen LogP contribution in [0, 0.1) is 0 Å². The smallest absolute Gasteiger partial charge is 0.356 e. The van der Waals surface area contributed by atoms with Crippen LogP contribution < -0.4 is 4.74 Å². The molecule has 20 heavy (non-hydrogen) atoms. The van der Waals surface area contributed by atoms with Crippen LogP contribution in [0.25, 0.3) is 10.4 Å². The molecule has 0 bridgehead atoms. The summed E-state index contributed by atoms with van der Waals surface area (Å²) in [6.07, 6.45) is 1.76. The topological polar surface area (TPSA) is 59.4 Å². The summed E-state index contributed by atoms with van der Waals surface area (Å²) in [5, 5.41) is 10.1. The van der Waals surface area contributed by atoms with Gasteiger partial charge in [0.2, 0.25) is 0 Å². The average molecular weight is 291 g/mol. The Balaban J connectivity index is 2.37. The van der Waals surface area contributed by atoms with Crippen molar-refractivity contribution in [2.75, 3.05) is 6.61 Å². The molecule has 0 aliphatic carbocycles. The Labute approximate surface area is 122 Å². The summed E-state index contributed by atoms with van der Waals surface area (Å²) in [4.78, 5) is 16.2. The number of carbonyl (C=O) groups is 1. The summed E-state index contributed by atoms with van der Waals surface area (Å²) >= 11 is 1.45. The molecule has 2 rings (SSSR count). The maximum atomic E-state index is 11.3. The number of carboxylic acid groups (broad SMARTS) is 1. The van der Waals surface area contributed by atoms with E-state index in [0.717, 1.165) is 29.2 Å². The number of hydrogen-bond acceptors (Lipinski definition) is 4. The van der Waals surface area contributed by atoms with E-state index in [-0.39, 0.29) is 5.69 Å². The van der Waals surface area contributed by atoms with E-state index in [1.807, 2.05) is 31.2 Å². The summed E-state index contributed by atoms with van der Waals surface area (Å²) < 4.78 is 5.39. The molecule has 0 saturated carbocycles. The maximum Gasteiger partial charge on any atom is 0.356 e. The van der Waals surface area contributed by atoms with E-state index >= 15 is 0 Å². The Kier molecular flexibility index (Phi) is 4.74. The lowest BCUT2D eigenvalue weighted by atomic mass is 10.1. The highest BCUT2D eigenvalue weighted by atomic mass is 32.1. The first-order chi connectivity index (χ1) is 9.65. The monoisotopic (exact) mass is 291 g/mol. The Morgan fingerprint density at radius 1 is 1.30 bits per heavy atom. The van der Waals surface area contributed by atoms with Crippen molar-refractivity contribution in [3.8, 4) is 16.2 Å². The molecule has 106 valence electrons. The van der Waals surface area contributed by atoms with Gasteiger partial charge in [0.15, 0.2) is 5.69 Å². The minimum atomic E-state index is -0.979. The lowest BCUT2D eigenvalue weighted by Gasteiger charge is -2.04. The van der Waals surface area contributed by atoms with E-state index in [9.17, 15) is 9.90 Å². The summed E-state index contributed by atoms with van der Waals surface area (Å²) in [5.41, 5.74) is 1.01. The Morgan fingerprint density at radius 2 is 2.00 bits per heavy atom. The van der Waals surface area contributed by atoms with Crippen LogP contribution in [0.5, 0.6) is 5.75 Å². The van der Waals surface area contributed by atoms with Crippen LogP contribution in [-0.4, -0.2) is 22.7 Å². The second-order valence-corrected chi connectivity index (χ2v) is 5.38. The number of aryl methyl sites for hydroxylation is 1. The summed E-state index contributed by atoms with van der Waals surface area (Å²) in [6.45, 7) is 4.59. The molecular weight excluding hydrogens is 274 g/mol. The van der Waals surface area contributed by atoms with E-state index in [1.165, 1.54) is 11.3 Å². The number of carboxylic acids is 1. The lowest BCUT2D eigenvalue weighted by Crippen LogP contribution is -1.99. The highest BCUT2D eigenvalue weighted by Gasteiger charge is 2.18. The molecule has 5 heteroatoms. The van der Waals surface area contributed by atoms with Gasteiger partial charge in [-0.1, -0.05) is 6.92 Å². The van der Waals surface area contributed by atoms with Crippen LogP contribution in [-0.2, 0) is 6.42 Å². The second-order valence-electron chi connectivity index (χ2n) is 4.30. The van der Waals surface area contributed by atoms with Crippen molar-refractivity contribution in [2.45, 2.75) is 26.7 Å². The zero-order valence-corrected chi connectivity index (χ0v) is 12.4. The van der Waals surface area contributed by atoms with Crippen LogP contribution in [0.2, 0.25) is 0 Å². The molecule has 0 aliphatic rings. The number of aromatic nitrogens is 1. The minimum absolute atomic E-state index is 0.141. The Bertz CT molecular complexity index is 590. The predicted octanol–water partition coefficient (Wildman–Crippen LogP) is 3.86. The van der Waals surface area contributed by atoms with Crippen molar-refractivity contribution in [2.24, 2.45) is 0 Å². The fraction of sp³-hybridized carbons (Fsp3) is 0.333. The van der Waals surface area contributed by atoms with Gasteiger partial charge in [0, 0.05) is 0 Å². The van der Waals surface area contributed by atoms with Crippen molar-refractivity contribution in [3.05, 3.63) is 35.0 Å². The fourth-order valence-corrected chi connectivity index (χ4v) is 3.06. The molecule has 0 radical (unpaired) electrons. The standard InChI is InChI=1S/C15H17NO3S/c1-3-5-12-16-13(15(17)18)14(20-12)10-6-8-11(9-7-10)19-4-2/h6-9H,3-5H2,1-2H3,(H,17,18). The number of ether oxygens (including phenoxy) is 1. The molecule has 0 unspecified atom stereocenters. The number of aromatic carboxylic acids is 1. The van der Waals surface area contributed by atoms with Crippen molar-refractivity contribution >= 4 is 17.3 Å². The summed E-state index contributed by atoms with van der Waals surface area (Å²) in [6, 6.07) is 7.45. The summed E-state index contributed by atoms with van der Waals surface area (Å²) in [7, 11) is 0. The zero-order chi connectivity index (χ0) is 14.5. The first kappa shape index (κ1) is 14.5. The number of thiazole rings is 1. The zero-order valence-electron chi connectivity index (χ0n) is 11.5. The molecule has 1 heterocycles. The summed E-state index contributed by atoms with van der Waals surface area (Å²) in [5.74, 6) is -0.195. The third kappa shape index (κ3) is 3.17. The van der Waals surface area contributed by atoms with Crippen molar-refractivity contribution in [1.29, 1.82) is 0 Å². The minimum Gasteiger partial charge on any atom is -0.494 e. The highest BCUT2D eigenvalue weighted by molar-refractivity contribution is 7.15. The SMILES string of the molecule is CCCc1nc(C(=O)O)c(-c2ccc(OCC)cc2)s1. The van der Waals surface area contributed by atoms with Gasteiger partial charge >= 0.3 is 5.97 Å². The van der Waals surface area contributed by atoms with Gasteiger partial charge in [0.25, 0.3) is 0 Å². The molecule has 0 fully saturated rings. The molecule has 0 aliphatic heterocycles. The largest absolute Gasteiger partial charge is 0.494 e. The molecule has 0 saturated heterocycles. The van der Waals surface area contributed by atoms with Crippen molar-refractivity contribution < 1.29 is 14.6 Å². The molecule has 1 aromatic carbocycles. The Hall–Kier alpha value is -1.88. The fourth-order valence-electron chi connectivity index (χ4n) is 1.90. The molecule has 1 N–H and O–H groups in total. The van der Waals surface area contributed by atoms with Crippen LogP contribution >= 0.6 is 11.3 Å². The van der Waals surface area contributed by atoms with E-state index in [4.69, 9.17) is 4.74 Å². The van der Waals surface area contributed by atoms with E-state index in [1.54, 1.807) is 0 Å².